The van der Waals surface area contributed by atoms with Crippen LogP contribution in [0.3, 0.4) is 0 Å². The molecule has 1 rings (SSSR count). The second-order valence-corrected chi connectivity index (χ2v) is 12.5. The third-order valence-corrected chi connectivity index (χ3v) is 6.41. The van der Waals surface area contributed by atoms with E-state index in [4.69, 9.17) is 34.3 Å². The molecule has 208 valence electrons. The zero-order valence-corrected chi connectivity index (χ0v) is 21.2. The summed E-state index contributed by atoms with van der Waals surface area (Å²) in [4.78, 5) is 108. The molecule has 23 nitrogen and oxygen atoms in total. The van der Waals surface area contributed by atoms with Crippen molar-refractivity contribution in [1.29, 1.82) is 0 Å². The highest BCUT2D eigenvalue weighted by Crippen LogP contribution is 2.54. The Balaban J connectivity index is 3.98. The molecule has 0 aromatic rings. The maximum atomic E-state index is 11.4. The Morgan fingerprint density at radius 3 is 1.11 bits per heavy atom. The third-order valence-electron chi connectivity index (χ3n) is 3.43. The van der Waals surface area contributed by atoms with Crippen LogP contribution in [0.15, 0.2) is 0 Å². The molecule has 0 heterocycles. The van der Waals surface area contributed by atoms with E-state index in [1.54, 1.807) is 0 Å². The molecule has 1 saturated carbocycles. The molecule has 0 spiro atoms. The highest BCUT2D eigenvalue weighted by molar-refractivity contribution is 7.46. The summed E-state index contributed by atoms with van der Waals surface area (Å²) in [5, 5.41) is 0. The first-order valence-electron chi connectivity index (χ1n) is 7.74. The minimum Gasteiger partial charge on any atom is -0.790 e. The fraction of sp³-hybridized carbons (Fsp3) is 1.00. The smallest absolute Gasteiger partial charge is 0.695 e. The van der Waals surface area contributed by atoms with Crippen molar-refractivity contribution in [1.82, 2.24) is 0 Å². The van der Waals surface area contributed by atoms with Gasteiger partial charge in [-0.15, -0.1) is 9.42 Å². The third kappa shape index (κ3) is 12.8. The van der Waals surface area contributed by atoms with E-state index in [0.29, 0.717) is 0 Å². The summed E-state index contributed by atoms with van der Waals surface area (Å²) < 4.78 is 91.7. The zero-order valence-electron chi connectivity index (χ0n) is 15.8. The normalized spacial score (nSPS) is 32.5. The molecule has 0 bridgehead atoms. The monoisotopic (exact) mass is 639 g/mol. The molecule has 29 heteroatoms. The Morgan fingerprint density at radius 1 is 0.543 bits per heavy atom. The standard InChI is InChI=1S/C6H16O23P6/c7-30(8)24-1-2(25-31(9,10)11)4(27-33(15,16)17)6(29-35(21,22)23)5(28-34(18,19)20)3(1)26-32(12,13)14/h1-6H,(H10-,7,8,9,10,11,12,13,14,15,16,17,18,19,20,21,22,23)/p-3/t1-,2-,3+,4-,5-,6-/m0/s1. The lowest BCUT2D eigenvalue weighted by Crippen LogP contribution is -2.66. The van der Waals surface area contributed by atoms with Gasteiger partial charge in [0.1, 0.15) is 30.5 Å². The molecule has 0 aromatic heterocycles. The molecular weight excluding hydrogens is 626 g/mol. The summed E-state index contributed by atoms with van der Waals surface area (Å²) in [7, 11) is -35.0. The molecule has 9 atom stereocenters. The van der Waals surface area contributed by atoms with Gasteiger partial charge in [-0.3, -0.25) is 18.2 Å². The van der Waals surface area contributed by atoms with E-state index in [9.17, 15) is 47.0 Å². The lowest BCUT2D eigenvalue weighted by molar-refractivity contribution is -0.353. The molecule has 3 unspecified atom stereocenters. The Labute approximate surface area is 193 Å². The molecule has 0 aromatic carbocycles. The van der Waals surface area contributed by atoms with Crippen molar-refractivity contribution >= 4 is 47.4 Å². The molecule has 1 aliphatic rings. The van der Waals surface area contributed by atoms with E-state index in [0.717, 1.165) is 0 Å². The van der Waals surface area contributed by atoms with E-state index in [-0.39, 0.29) is 0 Å². The van der Waals surface area contributed by atoms with Gasteiger partial charge in [-0.2, -0.15) is 0 Å². The maximum Gasteiger partial charge on any atom is 0.695 e. The van der Waals surface area contributed by atoms with E-state index in [1.165, 1.54) is 0 Å². The minimum atomic E-state index is -6.49. The van der Waals surface area contributed by atoms with Crippen LogP contribution in [0.2, 0.25) is 0 Å². The molecular formula is C6H13O23P6-3. The van der Waals surface area contributed by atoms with E-state index in [1.807, 2.05) is 0 Å². The van der Waals surface area contributed by atoms with Gasteiger partial charge in [-0.1, -0.05) is 0 Å². The van der Waals surface area contributed by atoms with Gasteiger partial charge >= 0.3 is 23.9 Å². The lowest BCUT2D eigenvalue weighted by Gasteiger charge is -2.50. The fourth-order valence-corrected chi connectivity index (χ4v) is 5.91. The van der Waals surface area contributed by atoms with Gasteiger partial charge in [0.2, 0.25) is 0 Å². The highest BCUT2D eigenvalue weighted by Gasteiger charge is 2.61. The average Bonchev–Trinajstić information content (AvgIpc) is 2.51. The van der Waals surface area contributed by atoms with Gasteiger partial charge in [0.25, 0.3) is 15.6 Å². The molecule has 7 N–H and O–H groups in total. The largest absolute Gasteiger partial charge is 0.790 e. The van der Waals surface area contributed by atoms with Gasteiger partial charge in [0.05, 0.1) is 7.82 Å². The molecule has 0 amide bonds. The Kier molecular flexibility index (Phi) is 11.3. The minimum absolute atomic E-state index is 2.99. The predicted molar refractivity (Wildman–Crippen MR) is 90.4 cm³/mol. The van der Waals surface area contributed by atoms with Crippen LogP contribution in [-0.4, -0.2) is 70.9 Å². The SMILES string of the molecule is O=[P+](O)O[C@@H]1[C@@H](OP(=O)([O-])O)[C@H](OP(=O)(O)O)[C@@H](OP(=O)([O-])[O-])[C@@H](OP(=O)([O-])O)[C@H]1OP(=O)(O)O. The summed E-state index contributed by atoms with van der Waals surface area (Å²) in [6.07, 6.45) is -18.8. The highest BCUT2D eigenvalue weighted by atomic mass is 31.2. The van der Waals surface area contributed by atoms with E-state index < -0.39 is 84.0 Å². The van der Waals surface area contributed by atoms with Crippen LogP contribution in [0.25, 0.3) is 0 Å². The van der Waals surface area contributed by atoms with Gasteiger partial charge in [0.15, 0.2) is 6.10 Å². The quantitative estimate of drug-likeness (QED) is 0.0982. The first kappa shape index (κ1) is 33.6. The van der Waals surface area contributed by atoms with Crippen LogP contribution in [0.4, 0.5) is 0 Å². The number of rotatable bonds is 12. The molecule has 35 heavy (non-hydrogen) atoms. The van der Waals surface area contributed by atoms with Crippen molar-refractivity contribution in [3.05, 3.63) is 0 Å². The summed E-state index contributed by atoms with van der Waals surface area (Å²) >= 11 is 0. The van der Waals surface area contributed by atoms with Gasteiger partial charge < -0.3 is 67.1 Å². The summed E-state index contributed by atoms with van der Waals surface area (Å²) in [6, 6.07) is 0. The van der Waals surface area contributed by atoms with Crippen molar-refractivity contribution in [2.75, 3.05) is 0 Å². The zero-order chi connectivity index (χ0) is 27.8. The molecule has 0 radical (unpaired) electrons. The van der Waals surface area contributed by atoms with Crippen LogP contribution in [0.1, 0.15) is 0 Å². The average molecular weight is 639 g/mol. The molecule has 1 aliphatic carbocycles. The fourth-order valence-electron chi connectivity index (χ4n) is 2.72. The van der Waals surface area contributed by atoms with E-state index in [2.05, 4.69) is 27.1 Å². The first-order chi connectivity index (χ1) is 15.3. The Morgan fingerprint density at radius 2 is 0.829 bits per heavy atom. The van der Waals surface area contributed by atoms with Gasteiger partial charge in [-0.25, -0.2) is 9.13 Å². The number of phosphoric acid groups is 5. The second-order valence-electron chi connectivity index (χ2n) is 6.02. The molecule has 0 aliphatic heterocycles. The maximum absolute atomic E-state index is 11.4. The van der Waals surface area contributed by atoms with Crippen molar-refractivity contribution in [3.8, 4) is 0 Å². The van der Waals surface area contributed by atoms with Crippen molar-refractivity contribution in [2.45, 2.75) is 36.6 Å². The number of phosphoric ester groups is 5. The topological polar surface area (TPSA) is 392 Å². The predicted octanol–water partition coefficient (Wildman–Crippen LogP) is -5.10. The van der Waals surface area contributed by atoms with Crippen LogP contribution < -0.4 is 19.6 Å². The molecule has 0 saturated heterocycles. The van der Waals surface area contributed by atoms with Crippen LogP contribution in [0, 0.1) is 0 Å². The van der Waals surface area contributed by atoms with Crippen LogP contribution >= 0.6 is 47.4 Å². The van der Waals surface area contributed by atoms with Crippen LogP contribution in [0.5, 0.6) is 0 Å². The lowest BCUT2D eigenvalue weighted by atomic mass is 9.85. The van der Waals surface area contributed by atoms with Crippen LogP contribution in [-0.2, 0) is 54.5 Å². The number of hydrogen-bond donors (Lipinski definition) is 7. The van der Waals surface area contributed by atoms with Crippen molar-refractivity contribution < 1.29 is 108 Å². The summed E-state index contributed by atoms with van der Waals surface area (Å²) in [5.41, 5.74) is 0. The molecule has 1 fully saturated rings. The van der Waals surface area contributed by atoms with Crippen molar-refractivity contribution in [3.63, 3.8) is 0 Å². The van der Waals surface area contributed by atoms with Gasteiger partial charge in [0, 0.05) is 4.57 Å². The second kappa shape index (κ2) is 11.8. The summed E-state index contributed by atoms with van der Waals surface area (Å²) in [5.74, 6) is 0. The Bertz CT molecular complexity index is 932. The summed E-state index contributed by atoms with van der Waals surface area (Å²) in [6.45, 7) is 0. The van der Waals surface area contributed by atoms with Crippen molar-refractivity contribution in [2.24, 2.45) is 0 Å². The first-order valence-corrected chi connectivity index (χ1v) is 16.4. The van der Waals surface area contributed by atoms with E-state index >= 15 is 0 Å². The Hall–Kier alpha value is 0.570. The van der Waals surface area contributed by atoms with Gasteiger partial charge in [-0.05, 0) is 0 Å². The number of hydrogen-bond acceptors (Lipinski definition) is 16.